The molecule has 0 rings (SSSR count). The number of amides is 1. The van der Waals surface area contributed by atoms with E-state index < -0.39 is 0 Å². The SMILES string of the molecule is CC(C)NC(CC(SC(C)C)C(N)=O)C(=O)C(C)C. The summed E-state index contributed by atoms with van der Waals surface area (Å²) in [4.78, 5) is 23.7. The molecule has 0 heterocycles. The second kappa shape index (κ2) is 8.59. The molecule has 0 aromatic heterocycles. The molecule has 2 unspecified atom stereocenters. The predicted octanol–water partition coefficient (Wildman–Crippen LogP) is 1.96. The average Bonchev–Trinajstić information content (AvgIpc) is 2.24. The van der Waals surface area contributed by atoms with E-state index in [1.54, 1.807) is 0 Å². The summed E-state index contributed by atoms with van der Waals surface area (Å²) in [5.41, 5.74) is 5.44. The second-order valence-electron chi connectivity index (χ2n) is 5.74. The van der Waals surface area contributed by atoms with Crippen molar-refractivity contribution in [2.24, 2.45) is 11.7 Å². The molecule has 19 heavy (non-hydrogen) atoms. The maximum Gasteiger partial charge on any atom is 0.230 e. The summed E-state index contributed by atoms with van der Waals surface area (Å²) in [5.74, 6) is -0.246. The van der Waals surface area contributed by atoms with E-state index in [1.807, 2.05) is 41.5 Å². The zero-order valence-corrected chi connectivity index (χ0v) is 13.7. The number of rotatable bonds is 9. The maximum atomic E-state index is 12.2. The first-order chi connectivity index (χ1) is 8.65. The highest BCUT2D eigenvalue weighted by molar-refractivity contribution is 8.01. The van der Waals surface area contributed by atoms with Gasteiger partial charge >= 0.3 is 0 Å². The van der Waals surface area contributed by atoms with Gasteiger partial charge in [0.1, 0.15) is 0 Å². The van der Waals surface area contributed by atoms with Crippen molar-refractivity contribution in [3.8, 4) is 0 Å². The molecule has 0 aromatic carbocycles. The van der Waals surface area contributed by atoms with Crippen LogP contribution in [0.4, 0.5) is 0 Å². The number of hydrogen-bond donors (Lipinski definition) is 2. The van der Waals surface area contributed by atoms with Gasteiger partial charge in [0.05, 0.1) is 11.3 Å². The van der Waals surface area contributed by atoms with Crippen molar-refractivity contribution in [3.05, 3.63) is 0 Å². The fraction of sp³-hybridized carbons (Fsp3) is 0.857. The molecule has 112 valence electrons. The first-order valence-electron chi connectivity index (χ1n) is 6.89. The van der Waals surface area contributed by atoms with E-state index in [4.69, 9.17) is 5.73 Å². The smallest absolute Gasteiger partial charge is 0.230 e. The van der Waals surface area contributed by atoms with Crippen LogP contribution in [0.2, 0.25) is 0 Å². The number of nitrogens with one attached hydrogen (secondary N) is 1. The topological polar surface area (TPSA) is 72.2 Å². The summed E-state index contributed by atoms with van der Waals surface area (Å²) in [5, 5.41) is 3.24. The van der Waals surface area contributed by atoms with Crippen molar-refractivity contribution >= 4 is 23.5 Å². The zero-order chi connectivity index (χ0) is 15.2. The van der Waals surface area contributed by atoms with Crippen LogP contribution in [0, 0.1) is 5.92 Å². The third-order valence-corrected chi connectivity index (χ3v) is 3.95. The Labute approximate surface area is 121 Å². The molecule has 5 heteroatoms. The monoisotopic (exact) mass is 288 g/mol. The highest BCUT2D eigenvalue weighted by Gasteiger charge is 2.28. The molecule has 3 N–H and O–H groups in total. The van der Waals surface area contributed by atoms with Gasteiger partial charge in [-0.2, -0.15) is 0 Å². The fourth-order valence-electron chi connectivity index (χ4n) is 1.85. The lowest BCUT2D eigenvalue weighted by Crippen LogP contribution is -2.46. The van der Waals surface area contributed by atoms with Gasteiger partial charge in [-0.1, -0.05) is 41.5 Å². The summed E-state index contributed by atoms with van der Waals surface area (Å²) in [6, 6.07) is -0.103. The average molecular weight is 288 g/mol. The number of primary amides is 1. The van der Waals surface area contributed by atoms with Gasteiger partial charge in [0.2, 0.25) is 5.91 Å². The Hall–Kier alpha value is -0.550. The van der Waals surface area contributed by atoms with Gasteiger partial charge in [0.25, 0.3) is 0 Å². The van der Waals surface area contributed by atoms with Gasteiger partial charge in [-0.05, 0) is 11.7 Å². The number of thioether (sulfide) groups is 1. The van der Waals surface area contributed by atoms with Crippen LogP contribution in [-0.4, -0.2) is 34.3 Å². The van der Waals surface area contributed by atoms with Crippen molar-refractivity contribution in [2.75, 3.05) is 0 Å². The molecule has 2 atom stereocenters. The molecule has 0 aliphatic carbocycles. The Balaban J connectivity index is 4.84. The van der Waals surface area contributed by atoms with Gasteiger partial charge in [-0.25, -0.2) is 0 Å². The van der Waals surface area contributed by atoms with E-state index in [0.717, 1.165) is 0 Å². The number of ketones is 1. The predicted molar refractivity (Wildman–Crippen MR) is 82.2 cm³/mol. The van der Waals surface area contributed by atoms with Crippen LogP contribution in [-0.2, 0) is 9.59 Å². The molecular weight excluding hydrogens is 260 g/mol. The van der Waals surface area contributed by atoms with Gasteiger partial charge in [0, 0.05) is 12.0 Å². The van der Waals surface area contributed by atoms with Crippen molar-refractivity contribution in [1.29, 1.82) is 0 Å². The number of hydrogen-bond acceptors (Lipinski definition) is 4. The van der Waals surface area contributed by atoms with Crippen LogP contribution in [0.1, 0.15) is 48.0 Å². The molecule has 0 bridgehead atoms. The second-order valence-corrected chi connectivity index (χ2v) is 7.53. The Kier molecular flexibility index (Phi) is 8.34. The van der Waals surface area contributed by atoms with Crippen molar-refractivity contribution in [3.63, 3.8) is 0 Å². The molecule has 0 saturated heterocycles. The van der Waals surface area contributed by atoms with Gasteiger partial charge in [0.15, 0.2) is 5.78 Å². The van der Waals surface area contributed by atoms with E-state index in [2.05, 4.69) is 5.32 Å². The van der Waals surface area contributed by atoms with Crippen LogP contribution in [0.15, 0.2) is 0 Å². The molecule has 0 radical (unpaired) electrons. The third-order valence-electron chi connectivity index (χ3n) is 2.65. The Morgan fingerprint density at radius 2 is 1.63 bits per heavy atom. The standard InChI is InChI=1S/C14H28N2O2S/c1-8(2)13(17)11(16-9(3)4)7-12(14(15)18)19-10(5)6/h8-12,16H,7H2,1-6H3,(H2,15,18). The van der Waals surface area contributed by atoms with Crippen molar-refractivity contribution in [2.45, 2.75) is 70.5 Å². The lowest BCUT2D eigenvalue weighted by molar-refractivity contribution is -0.124. The van der Waals surface area contributed by atoms with Crippen LogP contribution >= 0.6 is 11.8 Å². The Morgan fingerprint density at radius 3 is 1.95 bits per heavy atom. The minimum atomic E-state index is -0.342. The highest BCUT2D eigenvalue weighted by Crippen LogP contribution is 2.22. The van der Waals surface area contributed by atoms with E-state index in [-0.39, 0.29) is 34.9 Å². The molecule has 0 aliphatic rings. The Bertz CT molecular complexity index is 304. The summed E-state index contributed by atoms with van der Waals surface area (Å²) in [7, 11) is 0. The van der Waals surface area contributed by atoms with E-state index in [9.17, 15) is 9.59 Å². The largest absolute Gasteiger partial charge is 0.369 e. The van der Waals surface area contributed by atoms with E-state index >= 15 is 0 Å². The minimum absolute atomic E-state index is 0.0474. The molecule has 0 saturated carbocycles. The summed E-state index contributed by atoms with van der Waals surface area (Å²) >= 11 is 1.53. The van der Waals surface area contributed by atoms with Crippen LogP contribution in [0.3, 0.4) is 0 Å². The first-order valence-corrected chi connectivity index (χ1v) is 7.84. The summed E-state index contributed by atoms with van der Waals surface area (Å²) in [6.07, 6.45) is 0.466. The molecule has 0 aromatic rings. The Morgan fingerprint density at radius 1 is 1.11 bits per heavy atom. The number of nitrogens with two attached hydrogens (primary N) is 1. The van der Waals surface area contributed by atoms with Crippen LogP contribution in [0.25, 0.3) is 0 Å². The van der Waals surface area contributed by atoms with Crippen LogP contribution < -0.4 is 11.1 Å². The quantitative estimate of drug-likeness (QED) is 0.680. The zero-order valence-electron chi connectivity index (χ0n) is 12.9. The molecule has 0 fully saturated rings. The van der Waals surface area contributed by atoms with E-state index in [1.165, 1.54) is 11.8 Å². The number of Topliss-reactive ketones (excluding diaryl/α,β-unsaturated/α-hetero) is 1. The highest BCUT2D eigenvalue weighted by atomic mass is 32.2. The molecule has 0 spiro atoms. The normalized spacial score (nSPS) is 15.0. The lowest BCUT2D eigenvalue weighted by atomic mass is 9.97. The molecular formula is C14H28N2O2S. The van der Waals surface area contributed by atoms with Crippen LogP contribution in [0.5, 0.6) is 0 Å². The summed E-state index contributed by atoms with van der Waals surface area (Å²) in [6.45, 7) is 11.8. The van der Waals surface area contributed by atoms with Crippen molar-refractivity contribution in [1.82, 2.24) is 5.32 Å². The summed E-state index contributed by atoms with van der Waals surface area (Å²) < 4.78 is 0. The lowest BCUT2D eigenvalue weighted by Gasteiger charge is -2.25. The van der Waals surface area contributed by atoms with Gasteiger partial charge in [-0.3, -0.25) is 9.59 Å². The molecule has 0 aliphatic heterocycles. The van der Waals surface area contributed by atoms with Gasteiger partial charge < -0.3 is 11.1 Å². The number of carbonyl (C=O) groups excluding carboxylic acids is 2. The first kappa shape index (κ1) is 18.4. The number of carbonyl (C=O) groups is 2. The minimum Gasteiger partial charge on any atom is -0.369 e. The fourth-order valence-corrected chi connectivity index (χ4v) is 2.95. The maximum absolute atomic E-state index is 12.2. The third kappa shape index (κ3) is 7.57. The van der Waals surface area contributed by atoms with Gasteiger partial charge in [-0.15, -0.1) is 11.8 Å². The molecule has 4 nitrogen and oxygen atoms in total. The molecule has 1 amide bonds. The van der Waals surface area contributed by atoms with Crippen molar-refractivity contribution < 1.29 is 9.59 Å². The van der Waals surface area contributed by atoms with E-state index in [0.29, 0.717) is 11.7 Å².